The monoisotopic (exact) mass is 433 g/mol. The van der Waals surface area contributed by atoms with E-state index in [4.69, 9.17) is 0 Å². The molecule has 8 nitrogen and oxygen atoms in total. The fraction of sp³-hybridized carbons (Fsp3) is 0.421. The smallest absolute Gasteiger partial charge is 0.291 e. The van der Waals surface area contributed by atoms with Crippen LogP contribution >= 0.6 is 11.3 Å². The van der Waals surface area contributed by atoms with E-state index >= 15 is 0 Å². The van der Waals surface area contributed by atoms with E-state index < -0.39 is 6.43 Å². The molecule has 0 spiro atoms. The van der Waals surface area contributed by atoms with Crippen LogP contribution in [0.5, 0.6) is 5.75 Å². The number of hydrogen-bond acceptors (Lipinski definition) is 9. The summed E-state index contributed by atoms with van der Waals surface area (Å²) >= 11 is 0.790. The van der Waals surface area contributed by atoms with Gasteiger partial charge in [-0.25, -0.2) is 13.8 Å². The number of nitrogens with one attached hydrogen (secondary N) is 1. The Bertz CT molecular complexity index is 1010. The van der Waals surface area contributed by atoms with Crippen molar-refractivity contribution in [3.05, 3.63) is 29.4 Å². The van der Waals surface area contributed by atoms with E-state index in [9.17, 15) is 13.9 Å². The van der Waals surface area contributed by atoms with Gasteiger partial charge in [-0.3, -0.25) is 0 Å². The summed E-state index contributed by atoms with van der Waals surface area (Å²) in [5, 5.41) is 29.6. The molecule has 11 heteroatoms. The molecule has 1 aliphatic rings. The van der Waals surface area contributed by atoms with Crippen LogP contribution in [0.25, 0.3) is 21.8 Å². The van der Waals surface area contributed by atoms with Gasteiger partial charge in [-0.05, 0) is 18.1 Å². The molecule has 0 aliphatic carbocycles. The zero-order valence-corrected chi connectivity index (χ0v) is 17.3. The molecule has 3 heterocycles. The minimum absolute atomic E-state index is 0.0628. The highest BCUT2D eigenvalue weighted by Crippen LogP contribution is 2.34. The first-order chi connectivity index (χ1) is 14.4. The number of halogens is 2. The summed E-state index contributed by atoms with van der Waals surface area (Å²) in [6, 6.07) is 5.12. The maximum absolute atomic E-state index is 12.7. The summed E-state index contributed by atoms with van der Waals surface area (Å²) in [6.45, 7) is 6.81. The number of hydrogen-bond donors (Lipinski definition) is 2. The third-order valence-electron chi connectivity index (χ3n) is 4.99. The van der Waals surface area contributed by atoms with Crippen LogP contribution in [0.1, 0.15) is 25.3 Å². The number of rotatable bonds is 5. The lowest BCUT2D eigenvalue weighted by Crippen LogP contribution is -2.53. The van der Waals surface area contributed by atoms with Crippen LogP contribution in [0.2, 0.25) is 0 Å². The topological polar surface area (TPSA) is 100.0 Å². The quantitative estimate of drug-likeness (QED) is 0.633. The molecule has 1 fully saturated rings. The zero-order chi connectivity index (χ0) is 21.3. The Morgan fingerprint density at radius 1 is 1.20 bits per heavy atom. The van der Waals surface area contributed by atoms with Gasteiger partial charge in [0.25, 0.3) is 6.43 Å². The van der Waals surface area contributed by atoms with Gasteiger partial charge < -0.3 is 15.3 Å². The van der Waals surface area contributed by atoms with Crippen LogP contribution in [0.3, 0.4) is 0 Å². The first-order valence-corrected chi connectivity index (χ1v) is 10.4. The second-order valence-electron chi connectivity index (χ2n) is 7.37. The van der Waals surface area contributed by atoms with Gasteiger partial charge in [0.15, 0.2) is 5.01 Å². The number of phenolic OH excluding ortho intramolecular Hbond substituents is 1. The molecule has 0 radical (unpaired) electrons. The van der Waals surface area contributed by atoms with Crippen molar-refractivity contribution in [1.29, 1.82) is 0 Å². The van der Waals surface area contributed by atoms with Crippen molar-refractivity contribution in [3.8, 4) is 27.6 Å². The molecular weight excluding hydrogens is 412 g/mol. The third kappa shape index (κ3) is 4.21. The Morgan fingerprint density at radius 3 is 2.67 bits per heavy atom. The summed E-state index contributed by atoms with van der Waals surface area (Å²) in [5.41, 5.74) is 1.37. The van der Waals surface area contributed by atoms with E-state index in [1.807, 2.05) is 0 Å². The lowest BCUT2D eigenvalue weighted by Gasteiger charge is -2.35. The lowest BCUT2D eigenvalue weighted by atomic mass is 10.0. The Kier molecular flexibility index (Phi) is 5.82. The van der Waals surface area contributed by atoms with Gasteiger partial charge in [0.05, 0.1) is 6.20 Å². The van der Waals surface area contributed by atoms with Gasteiger partial charge in [-0.1, -0.05) is 31.3 Å². The summed E-state index contributed by atoms with van der Waals surface area (Å²) in [7, 11) is 0. The summed E-state index contributed by atoms with van der Waals surface area (Å²) < 4.78 is 25.4. The number of phenols is 1. The average Bonchev–Trinajstić information content (AvgIpc) is 3.25. The largest absolute Gasteiger partial charge is 0.507 e. The molecule has 0 unspecified atom stereocenters. The van der Waals surface area contributed by atoms with Crippen molar-refractivity contribution in [3.63, 3.8) is 0 Å². The Balaban J connectivity index is 1.52. The van der Waals surface area contributed by atoms with Gasteiger partial charge in [-0.15, -0.1) is 20.4 Å². The highest BCUT2D eigenvalue weighted by Gasteiger charge is 2.24. The highest BCUT2D eigenvalue weighted by molar-refractivity contribution is 7.14. The molecule has 2 N–H and O–H groups in total. The first-order valence-electron chi connectivity index (χ1n) is 9.55. The SMILES string of the molecule is CC(C)[C@H]1CN(c2ncc(-c3ccc(-c4nnc(C(F)F)s4)cc3O)nn2)CCN1. The number of aromatic nitrogens is 5. The highest BCUT2D eigenvalue weighted by atomic mass is 32.1. The second kappa shape index (κ2) is 8.52. The molecule has 4 rings (SSSR count). The molecular formula is C19H21F2N7OS. The molecule has 0 bridgehead atoms. The van der Waals surface area contributed by atoms with Gasteiger partial charge in [0, 0.05) is 36.8 Å². The standard InChI is InChI=1S/C19H21F2N7OS/c1-10(2)14-9-28(6-5-22-14)19-23-8-13(24-27-19)12-4-3-11(7-15(12)29)17-25-26-18(30-17)16(20)21/h3-4,7-8,10,14,16,22,29H,5-6,9H2,1-2H3/t14-/m1/s1. The summed E-state index contributed by atoms with van der Waals surface area (Å²) in [4.78, 5) is 6.52. The number of aromatic hydroxyl groups is 1. The van der Waals surface area contributed by atoms with Crippen LogP contribution in [-0.2, 0) is 0 Å². The predicted molar refractivity (Wildman–Crippen MR) is 110 cm³/mol. The van der Waals surface area contributed by atoms with Gasteiger partial charge in [0.1, 0.15) is 16.5 Å². The van der Waals surface area contributed by atoms with E-state index in [1.165, 1.54) is 6.07 Å². The van der Waals surface area contributed by atoms with Gasteiger partial charge in [-0.2, -0.15) is 0 Å². The number of benzene rings is 1. The van der Waals surface area contributed by atoms with Crippen molar-refractivity contribution in [1.82, 2.24) is 30.7 Å². The number of alkyl halides is 2. The number of piperazine rings is 1. The fourth-order valence-electron chi connectivity index (χ4n) is 3.26. The van der Waals surface area contributed by atoms with Crippen molar-refractivity contribution in [2.75, 3.05) is 24.5 Å². The number of nitrogens with zero attached hydrogens (tertiary/aromatic N) is 6. The molecule has 0 saturated carbocycles. The van der Waals surface area contributed by atoms with Crippen LogP contribution in [0.15, 0.2) is 24.4 Å². The normalized spacial score (nSPS) is 17.1. The van der Waals surface area contributed by atoms with Crippen LogP contribution in [-0.4, -0.2) is 56.2 Å². The number of anilines is 1. The Labute approximate surface area is 176 Å². The van der Waals surface area contributed by atoms with Crippen molar-refractivity contribution >= 4 is 17.3 Å². The fourth-order valence-corrected chi connectivity index (χ4v) is 3.96. The lowest BCUT2D eigenvalue weighted by molar-refractivity contribution is 0.150. The Morgan fingerprint density at radius 2 is 2.03 bits per heavy atom. The zero-order valence-electron chi connectivity index (χ0n) is 16.5. The minimum Gasteiger partial charge on any atom is -0.507 e. The van der Waals surface area contributed by atoms with E-state index in [-0.39, 0.29) is 10.8 Å². The molecule has 2 aromatic heterocycles. The summed E-state index contributed by atoms with van der Waals surface area (Å²) in [6.07, 6.45) is -1.10. The van der Waals surface area contributed by atoms with Crippen LogP contribution < -0.4 is 10.2 Å². The maximum Gasteiger partial charge on any atom is 0.291 e. The predicted octanol–water partition coefficient (Wildman–Crippen LogP) is 3.13. The molecule has 1 aliphatic heterocycles. The molecule has 1 atom stereocenters. The molecule has 1 aromatic carbocycles. The molecule has 158 valence electrons. The van der Waals surface area contributed by atoms with E-state index in [0.29, 0.717) is 39.7 Å². The maximum atomic E-state index is 12.7. The summed E-state index contributed by atoms with van der Waals surface area (Å²) in [5.74, 6) is 0.989. The first kappa shape index (κ1) is 20.5. The molecule has 3 aromatic rings. The third-order valence-corrected chi connectivity index (χ3v) is 5.97. The molecule has 0 amide bonds. The van der Waals surface area contributed by atoms with Crippen LogP contribution in [0.4, 0.5) is 14.7 Å². The van der Waals surface area contributed by atoms with Crippen molar-refractivity contribution in [2.24, 2.45) is 5.92 Å². The van der Waals surface area contributed by atoms with Gasteiger partial charge in [0.2, 0.25) is 5.95 Å². The Hall–Kier alpha value is -2.79. The van der Waals surface area contributed by atoms with Gasteiger partial charge >= 0.3 is 0 Å². The average molecular weight is 433 g/mol. The van der Waals surface area contributed by atoms with Crippen LogP contribution in [0, 0.1) is 5.92 Å². The molecule has 30 heavy (non-hydrogen) atoms. The van der Waals surface area contributed by atoms with Crippen molar-refractivity contribution in [2.45, 2.75) is 26.3 Å². The van der Waals surface area contributed by atoms with E-state index in [1.54, 1.807) is 18.3 Å². The van der Waals surface area contributed by atoms with E-state index in [0.717, 1.165) is 31.0 Å². The van der Waals surface area contributed by atoms with E-state index in [2.05, 4.69) is 49.4 Å². The molecule has 1 saturated heterocycles. The minimum atomic E-state index is -2.67. The van der Waals surface area contributed by atoms with Crippen molar-refractivity contribution < 1.29 is 13.9 Å². The second-order valence-corrected chi connectivity index (χ2v) is 8.38.